The Morgan fingerprint density at radius 1 is 1.41 bits per heavy atom. The molecule has 0 aromatic carbocycles. The van der Waals surface area contributed by atoms with Crippen LogP contribution in [0.2, 0.25) is 0 Å². The van der Waals surface area contributed by atoms with Gasteiger partial charge in [0, 0.05) is 26.2 Å². The molecule has 0 aromatic heterocycles. The van der Waals surface area contributed by atoms with Crippen molar-refractivity contribution in [3.05, 3.63) is 0 Å². The quantitative estimate of drug-likeness (QED) is 0.781. The molecular weight excluding hydrogens is 280 g/mol. The summed E-state index contributed by atoms with van der Waals surface area (Å²) in [5.41, 5.74) is -0.358. The highest BCUT2D eigenvalue weighted by Crippen LogP contribution is 2.30. The minimum absolute atomic E-state index is 0.156. The summed E-state index contributed by atoms with van der Waals surface area (Å²) < 4.78 is 11.3. The van der Waals surface area contributed by atoms with Gasteiger partial charge in [0.05, 0.1) is 18.1 Å². The van der Waals surface area contributed by atoms with E-state index in [0.29, 0.717) is 18.4 Å². The third kappa shape index (κ3) is 4.21. The Bertz CT molecular complexity index is 348. The monoisotopic (exact) mass is 312 g/mol. The molecule has 0 radical (unpaired) electrons. The van der Waals surface area contributed by atoms with E-state index in [1.165, 1.54) is 0 Å². The van der Waals surface area contributed by atoms with E-state index < -0.39 is 0 Å². The van der Waals surface area contributed by atoms with Crippen LogP contribution >= 0.6 is 0 Å². The number of piperidine rings is 1. The second-order valence-corrected chi connectivity index (χ2v) is 7.16. The standard InChI is InChI=1S/C17H32N2O3/c1-13(2)15-14(5-4-10-22-15)11-19-16(20)17(12-21-3)6-8-18-9-7-17/h13-15,18H,4-12H2,1-3H3,(H,19,20). The smallest absolute Gasteiger partial charge is 0.228 e. The van der Waals surface area contributed by atoms with E-state index in [2.05, 4.69) is 24.5 Å². The van der Waals surface area contributed by atoms with Crippen LogP contribution in [0.3, 0.4) is 0 Å². The van der Waals surface area contributed by atoms with E-state index in [0.717, 1.165) is 51.9 Å². The first-order valence-corrected chi connectivity index (χ1v) is 8.68. The van der Waals surface area contributed by atoms with E-state index in [1.807, 2.05) is 0 Å². The molecule has 2 aliphatic heterocycles. The molecule has 0 spiro atoms. The van der Waals surface area contributed by atoms with Gasteiger partial charge in [-0.1, -0.05) is 13.8 Å². The molecule has 2 N–H and O–H groups in total. The molecule has 5 nitrogen and oxygen atoms in total. The zero-order chi connectivity index (χ0) is 16.0. The van der Waals surface area contributed by atoms with Crippen LogP contribution < -0.4 is 10.6 Å². The maximum absolute atomic E-state index is 12.8. The molecule has 22 heavy (non-hydrogen) atoms. The normalized spacial score (nSPS) is 28.5. The van der Waals surface area contributed by atoms with Crippen molar-refractivity contribution in [3.8, 4) is 0 Å². The van der Waals surface area contributed by atoms with Gasteiger partial charge >= 0.3 is 0 Å². The lowest BCUT2D eigenvalue weighted by molar-refractivity contribution is -0.137. The Labute approximate surface area is 134 Å². The number of hydrogen-bond donors (Lipinski definition) is 2. The van der Waals surface area contributed by atoms with Gasteiger partial charge in [0.2, 0.25) is 5.91 Å². The van der Waals surface area contributed by atoms with Crippen molar-refractivity contribution in [2.75, 3.05) is 40.0 Å². The second kappa shape index (κ2) is 8.27. The summed E-state index contributed by atoms with van der Waals surface area (Å²) in [4.78, 5) is 12.8. The van der Waals surface area contributed by atoms with E-state index in [9.17, 15) is 4.79 Å². The van der Waals surface area contributed by atoms with Crippen LogP contribution in [0.1, 0.15) is 39.5 Å². The lowest BCUT2D eigenvalue weighted by atomic mass is 9.78. The van der Waals surface area contributed by atoms with Gasteiger partial charge in [-0.3, -0.25) is 4.79 Å². The fourth-order valence-corrected chi connectivity index (χ4v) is 3.85. The largest absolute Gasteiger partial charge is 0.384 e. The zero-order valence-electron chi connectivity index (χ0n) is 14.3. The summed E-state index contributed by atoms with van der Waals surface area (Å²) in [6, 6.07) is 0. The third-order valence-electron chi connectivity index (χ3n) is 5.14. The molecule has 2 fully saturated rings. The minimum Gasteiger partial charge on any atom is -0.384 e. The predicted molar refractivity (Wildman–Crippen MR) is 86.7 cm³/mol. The number of carbonyl (C=O) groups excluding carboxylic acids is 1. The minimum atomic E-state index is -0.358. The highest BCUT2D eigenvalue weighted by molar-refractivity contribution is 5.83. The van der Waals surface area contributed by atoms with Crippen molar-refractivity contribution in [3.63, 3.8) is 0 Å². The van der Waals surface area contributed by atoms with Gasteiger partial charge < -0.3 is 20.1 Å². The Kier molecular flexibility index (Phi) is 6.66. The zero-order valence-corrected chi connectivity index (χ0v) is 14.3. The molecule has 0 aromatic rings. The average Bonchev–Trinajstić information content (AvgIpc) is 2.54. The number of ether oxygens (including phenoxy) is 2. The van der Waals surface area contributed by atoms with E-state index in [4.69, 9.17) is 9.47 Å². The summed E-state index contributed by atoms with van der Waals surface area (Å²) in [5.74, 6) is 1.08. The van der Waals surface area contributed by atoms with Crippen molar-refractivity contribution >= 4 is 5.91 Å². The summed E-state index contributed by atoms with van der Waals surface area (Å²) >= 11 is 0. The van der Waals surface area contributed by atoms with E-state index in [1.54, 1.807) is 7.11 Å². The topological polar surface area (TPSA) is 59.6 Å². The van der Waals surface area contributed by atoms with Crippen LogP contribution in [0.25, 0.3) is 0 Å². The third-order valence-corrected chi connectivity index (χ3v) is 5.14. The molecule has 2 aliphatic rings. The molecule has 2 atom stereocenters. The second-order valence-electron chi connectivity index (χ2n) is 7.16. The van der Waals surface area contributed by atoms with Crippen LogP contribution in [0, 0.1) is 17.3 Å². The van der Waals surface area contributed by atoms with Crippen molar-refractivity contribution in [2.45, 2.75) is 45.6 Å². The number of hydrogen-bond acceptors (Lipinski definition) is 4. The lowest BCUT2D eigenvalue weighted by Gasteiger charge is -2.38. The highest BCUT2D eigenvalue weighted by Gasteiger charge is 2.40. The van der Waals surface area contributed by atoms with Gasteiger partial charge in [-0.2, -0.15) is 0 Å². The molecule has 5 heteroatoms. The molecular formula is C17H32N2O3. The van der Waals surface area contributed by atoms with Crippen LogP contribution in [0.15, 0.2) is 0 Å². The molecule has 2 unspecified atom stereocenters. The first-order valence-electron chi connectivity index (χ1n) is 8.68. The SMILES string of the molecule is COCC1(C(=O)NCC2CCCOC2C(C)C)CCNCC1. The Hall–Kier alpha value is -0.650. The number of rotatable bonds is 6. The average molecular weight is 312 g/mol. The lowest BCUT2D eigenvalue weighted by Crippen LogP contribution is -2.52. The summed E-state index contributed by atoms with van der Waals surface area (Å²) in [6.45, 7) is 8.26. The fourth-order valence-electron chi connectivity index (χ4n) is 3.85. The van der Waals surface area contributed by atoms with Crippen molar-refractivity contribution < 1.29 is 14.3 Å². The molecule has 0 aliphatic carbocycles. The van der Waals surface area contributed by atoms with Gasteiger partial charge in [-0.25, -0.2) is 0 Å². The maximum Gasteiger partial charge on any atom is 0.228 e. The van der Waals surface area contributed by atoms with Crippen molar-refractivity contribution in [1.29, 1.82) is 0 Å². The summed E-state index contributed by atoms with van der Waals surface area (Å²) in [7, 11) is 1.68. The van der Waals surface area contributed by atoms with Gasteiger partial charge in [0.15, 0.2) is 0 Å². The maximum atomic E-state index is 12.8. The van der Waals surface area contributed by atoms with Gasteiger partial charge in [0.25, 0.3) is 0 Å². The molecule has 2 heterocycles. The molecule has 2 rings (SSSR count). The van der Waals surface area contributed by atoms with Gasteiger partial charge in [0.1, 0.15) is 0 Å². The number of methoxy groups -OCH3 is 1. The summed E-state index contributed by atoms with van der Waals surface area (Å²) in [6.07, 6.45) is 4.20. The molecule has 1 amide bonds. The number of nitrogens with one attached hydrogen (secondary N) is 2. The summed E-state index contributed by atoms with van der Waals surface area (Å²) in [5, 5.41) is 6.53. The highest BCUT2D eigenvalue weighted by atomic mass is 16.5. The van der Waals surface area contributed by atoms with E-state index in [-0.39, 0.29) is 17.4 Å². The first-order chi connectivity index (χ1) is 10.6. The van der Waals surface area contributed by atoms with Crippen LogP contribution in [-0.4, -0.2) is 52.0 Å². The van der Waals surface area contributed by atoms with E-state index >= 15 is 0 Å². The fraction of sp³-hybridized carbons (Fsp3) is 0.941. The number of amides is 1. The molecule has 0 saturated carbocycles. The van der Waals surface area contributed by atoms with Crippen LogP contribution in [-0.2, 0) is 14.3 Å². The Morgan fingerprint density at radius 2 is 2.14 bits per heavy atom. The van der Waals surface area contributed by atoms with Crippen molar-refractivity contribution in [2.24, 2.45) is 17.3 Å². The molecule has 128 valence electrons. The van der Waals surface area contributed by atoms with Gasteiger partial charge in [-0.15, -0.1) is 0 Å². The van der Waals surface area contributed by atoms with Crippen LogP contribution in [0.5, 0.6) is 0 Å². The number of carbonyl (C=O) groups is 1. The molecule has 0 bridgehead atoms. The van der Waals surface area contributed by atoms with Crippen molar-refractivity contribution in [1.82, 2.24) is 10.6 Å². The Balaban J connectivity index is 1.92. The van der Waals surface area contributed by atoms with Crippen LogP contribution in [0.4, 0.5) is 0 Å². The predicted octanol–water partition coefficient (Wildman–Crippen LogP) is 1.57. The van der Waals surface area contributed by atoms with Gasteiger partial charge in [-0.05, 0) is 44.7 Å². The molecule has 2 saturated heterocycles. The Morgan fingerprint density at radius 3 is 2.77 bits per heavy atom. The first kappa shape index (κ1) is 17.7.